The average molecular weight is 359 g/mol. The second kappa shape index (κ2) is 6.80. The van der Waals surface area contributed by atoms with Gasteiger partial charge in [0.05, 0.1) is 12.6 Å². The van der Waals surface area contributed by atoms with Gasteiger partial charge in [0.2, 0.25) is 5.91 Å². The largest absolute Gasteiger partial charge is 0.332 e. The minimum atomic E-state index is -1.03. The van der Waals surface area contributed by atoms with E-state index in [2.05, 4.69) is 10.2 Å². The number of hydrogen-bond acceptors (Lipinski definition) is 3. The molecule has 0 bridgehead atoms. The summed E-state index contributed by atoms with van der Waals surface area (Å²) in [4.78, 5) is 13.5. The van der Waals surface area contributed by atoms with Gasteiger partial charge in [-0.25, -0.2) is 13.2 Å². The van der Waals surface area contributed by atoms with Crippen LogP contribution in [-0.2, 0) is 24.3 Å². The lowest BCUT2D eigenvalue weighted by atomic mass is 10.0. The summed E-state index contributed by atoms with van der Waals surface area (Å²) in [5.41, 5.74) is -0.357. The fourth-order valence-corrected chi connectivity index (χ4v) is 3.04. The maximum Gasteiger partial charge on any atom is 0.238 e. The third-order valence-corrected chi connectivity index (χ3v) is 4.34. The highest BCUT2D eigenvalue weighted by Gasteiger charge is 2.29. The predicted octanol–water partition coefficient (Wildman–Crippen LogP) is 2.28. The van der Waals surface area contributed by atoms with Crippen molar-refractivity contribution in [3.8, 4) is 0 Å². The molecule has 1 aliphatic heterocycles. The maximum atomic E-state index is 13.9. The molecule has 1 amide bonds. The van der Waals surface area contributed by atoms with Crippen LogP contribution in [0.3, 0.4) is 0 Å². The Morgan fingerprint density at radius 3 is 2.71 bits per heavy atom. The highest BCUT2D eigenvalue weighted by molar-refractivity contribution is 6.27. The number of carbonyl (C=O) groups is 1. The number of rotatable bonds is 4. The third kappa shape index (κ3) is 3.24. The molecule has 0 saturated heterocycles. The highest BCUT2D eigenvalue weighted by atomic mass is 35.5. The van der Waals surface area contributed by atoms with Gasteiger partial charge in [0.15, 0.2) is 0 Å². The number of halogens is 4. The van der Waals surface area contributed by atoms with Gasteiger partial charge < -0.3 is 9.47 Å². The first-order valence-corrected chi connectivity index (χ1v) is 7.88. The second-order valence-corrected chi connectivity index (χ2v) is 5.86. The van der Waals surface area contributed by atoms with Gasteiger partial charge in [-0.15, -0.1) is 21.8 Å². The Kier molecular flexibility index (Phi) is 4.75. The van der Waals surface area contributed by atoms with Crippen molar-refractivity contribution in [1.29, 1.82) is 0 Å². The zero-order valence-corrected chi connectivity index (χ0v) is 13.3. The lowest BCUT2D eigenvalue weighted by Crippen LogP contribution is -2.45. The summed E-state index contributed by atoms with van der Waals surface area (Å²) in [6, 6.07) is 0.893. The zero-order chi connectivity index (χ0) is 17.3. The first-order valence-electron chi connectivity index (χ1n) is 7.35. The van der Waals surface area contributed by atoms with E-state index in [0.29, 0.717) is 31.5 Å². The Morgan fingerprint density at radius 2 is 2.04 bits per heavy atom. The van der Waals surface area contributed by atoms with E-state index >= 15 is 0 Å². The molecule has 5 nitrogen and oxygen atoms in total. The number of hydrogen-bond donors (Lipinski definition) is 0. The van der Waals surface area contributed by atoms with Crippen LogP contribution in [0, 0.1) is 17.5 Å². The van der Waals surface area contributed by atoms with Gasteiger partial charge in [-0.2, -0.15) is 0 Å². The van der Waals surface area contributed by atoms with E-state index in [-0.39, 0.29) is 24.0 Å². The van der Waals surface area contributed by atoms with E-state index < -0.39 is 23.4 Å². The second-order valence-electron chi connectivity index (χ2n) is 5.60. The predicted molar refractivity (Wildman–Crippen MR) is 79.7 cm³/mol. The molecule has 0 spiro atoms. The number of aryl methyl sites for hydroxylation is 1. The van der Waals surface area contributed by atoms with Crippen molar-refractivity contribution in [2.75, 3.05) is 5.88 Å². The number of carbonyl (C=O) groups excluding carboxylic acids is 1. The quantitative estimate of drug-likeness (QED) is 0.788. The number of amides is 1. The van der Waals surface area contributed by atoms with Gasteiger partial charge in [0.1, 0.15) is 35.5 Å². The Balaban J connectivity index is 1.87. The molecule has 2 aromatic rings. The Labute approximate surface area is 141 Å². The summed E-state index contributed by atoms with van der Waals surface area (Å²) >= 11 is 5.65. The number of nitrogens with zero attached hydrogens (tertiary/aromatic N) is 4. The summed E-state index contributed by atoms with van der Waals surface area (Å²) < 4.78 is 42.7. The molecule has 0 radical (unpaired) electrons. The van der Waals surface area contributed by atoms with E-state index in [4.69, 9.17) is 11.6 Å². The topological polar surface area (TPSA) is 51.0 Å². The summed E-state index contributed by atoms with van der Waals surface area (Å²) in [6.07, 6.45) is 2.71. The summed E-state index contributed by atoms with van der Waals surface area (Å²) in [5.74, 6) is -3.02. The zero-order valence-electron chi connectivity index (χ0n) is 12.6. The average Bonchev–Trinajstić information content (AvgIpc) is 3.01. The SMILES string of the molecule is O=C(CCl)N(Cc1c(F)cc(F)cc1F)C1CCc2nncn2C1. The first kappa shape index (κ1) is 16.8. The van der Waals surface area contributed by atoms with Crippen molar-refractivity contribution in [3.63, 3.8) is 0 Å². The molecule has 1 aromatic carbocycles. The Hall–Kier alpha value is -2.09. The molecular formula is C15H14ClF3N4O. The van der Waals surface area contributed by atoms with Crippen LogP contribution >= 0.6 is 11.6 Å². The molecule has 3 rings (SSSR count). The molecule has 24 heavy (non-hydrogen) atoms. The van der Waals surface area contributed by atoms with Gasteiger partial charge in [-0.3, -0.25) is 4.79 Å². The molecule has 0 fully saturated rings. The fourth-order valence-electron chi connectivity index (χ4n) is 2.88. The van der Waals surface area contributed by atoms with Crippen LogP contribution in [0.4, 0.5) is 13.2 Å². The minimum absolute atomic E-state index is 0.302. The first-order chi connectivity index (χ1) is 11.5. The monoisotopic (exact) mass is 358 g/mol. The molecule has 9 heteroatoms. The van der Waals surface area contributed by atoms with E-state index in [1.165, 1.54) is 4.90 Å². The van der Waals surface area contributed by atoms with Crippen molar-refractivity contribution < 1.29 is 18.0 Å². The third-order valence-electron chi connectivity index (χ3n) is 4.11. The van der Waals surface area contributed by atoms with Crippen molar-refractivity contribution in [2.24, 2.45) is 0 Å². The minimum Gasteiger partial charge on any atom is -0.332 e. The Bertz CT molecular complexity index is 744. The van der Waals surface area contributed by atoms with Crippen molar-refractivity contribution in [1.82, 2.24) is 19.7 Å². The summed E-state index contributed by atoms with van der Waals surface area (Å²) in [5, 5.41) is 7.77. The number of fused-ring (bicyclic) bond motifs is 1. The molecule has 0 N–H and O–H groups in total. The van der Waals surface area contributed by atoms with E-state index in [9.17, 15) is 18.0 Å². The lowest BCUT2D eigenvalue weighted by Gasteiger charge is -2.34. The fraction of sp³-hybridized carbons (Fsp3) is 0.400. The summed E-state index contributed by atoms with van der Waals surface area (Å²) in [6.45, 7) is 0.0982. The van der Waals surface area contributed by atoms with Crippen LogP contribution in [0.2, 0.25) is 0 Å². The van der Waals surface area contributed by atoms with Crippen LogP contribution < -0.4 is 0 Å². The molecule has 0 aliphatic carbocycles. The van der Waals surface area contributed by atoms with Crippen LogP contribution in [0.15, 0.2) is 18.5 Å². The lowest BCUT2D eigenvalue weighted by molar-refractivity contribution is -0.132. The van der Waals surface area contributed by atoms with Gasteiger partial charge in [0, 0.05) is 30.7 Å². The molecule has 1 unspecified atom stereocenters. The van der Waals surface area contributed by atoms with Crippen LogP contribution in [0.1, 0.15) is 17.8 Å². The molecule has 1 aromatic heterocycles. The van der Waals surface area contributed by atoms with E-state index in [0.717, 1.165) is 5.82 Å². The van der Waals surface area contributed by atoms with Gasteiger partial charge in [0.25, 0.3) is 0 Å². The van der Waals surface area contributed by atoms with Gasteiger partial charge in [-0.05, 0) is 6.42 Å². The standard InChI is InChI=1S/C15H14ClF3N4O/c16-5-15(24)23(7-11-12(18)3-9(17)4-13(11)19)10-1-2-14-21-20-8-22(14)6-10/h3-4,8,10H,1-2,5-7H2. The molecule has 1 aliphatic rings. The highest BCUT2D eigenvalue weighted by Crippen LogP contribution is 2.23. The Morgan fingerprint density at radius 1 is 1.33 bits per heavy atom. The van der Waals surface area contributed by atoms with Crippen molar-refractivity contribution in [2.45, 2.75) is 32.0 Å². The summed E-state index contributed by atoms with van der Waals surface area (Å²) in [7, 11) is 0. The number of benzene rings is 1. The number of aromatic nitrogens is 3. The van der Waals surface area contributed by atoms with Gasteiger partial charge >= 0.3 is 0 Å². The van der Waals surface area contributed by atoms with Crippen molar-refractivity contribution in [3.05, 3.63) is 47.3 Å². The van der Waals surface area contributed by atoms with Crippen LogP contribution in [0.5, 0.6) is 0 Å². The van der Waals surface area contributed by atoms with Crippen LogP contribution in [0.25, 0.3) is 0 Å². The van der Waals surface area contributed by atoms with E-state index in [1.807, 2.05) is 0 Å². The smallest absolute Gasteiger partial charge is 0.238 e. The molecule has 128 valence electrons. The van der Waals surface area contributed by atoms with Gasteiger partial charge in [-0.1, -0.05) is 0 Å². The normalized spacial score (nSPS) is 16.8. The van der Waals surface area contributed by atoms with Crippen LogP contribution in [-0.4, -0.2) is 37.5 Å². The molecular weight excluding hydrogens is 345 g/mol. The van der Waals surface area contributed by atoms with Crippen molar-refractivity contribution >= 4 is 17.5 Å². The number of alkyl halides is 1. The van der Waals surface area contributed by atoms with E-state index in [1.54, 1.807) is 10.9 Å². The molecule has 1 atom stereocenters. The molecule has 2 heterocycles. The maximum absolute atomic E-state index is 13.9. The molecule has 0 saturated carbocycles.